The topological polar surface area (TPSA) is 91.6 Å². The summed E-state index contributed by atoms with van der Waals surface area (Å²) in [7, 11) is -3.63. The summed E-state index contributed by atoms with van der Waals surface area (Å²) in [6.45, 7) is 0.980. The maximum absolute atomic E-state index is 13.0. The molecule has 1 amide bonds. The van der Waals surface area contributed by atoms with Crippen LogP contribution in [0, 0.1) is 0 Å². The average Bonchev–Trinajstić information content (AvgIpc) is 3.36. The Hall–Kier alpha value is -2.65. The lowest BCUT2D eigenvalue weighted by Crippen LogP contribution is -2.35. The number of anilines is 1. The number of amides is 1. The standard InChI is InChI=1S/C24H26ClN3O4S/c25-20-12-11-19(33(30,31)28-13-5-2-6-14-28)16-21(20)27-23(29)17-26-24(22-10-7-15-32-22)18-8-3-1-4-9-18/h1,3-4,7-12,15-16,24,26H,2,5-6,13-14,17H2,(H,27,29)/t24-/m0/s1. The molecule has 33 heavy (non-hydrogen) atoms. The van der Waals surface area contributed by atoms with Gasteiger partial charge in [-0.3, -0.25) is 10.1 Å². The van der Waals surface area contributed by atoms with Crippen LogP contribution in [0.4, 0.5) is 5.69 Å². The van der Waals surface area contributed by atoms with Crippen molar-refractivity contribution in [1.29, 1.82) is 0 Å². The Balaban J connectivity index is 1.46. The quantitative estimate of drug-likeness (QED) is 0.490. The van der Waals surface area contributed by atoms with Crippen molar-refractivity contribution < 1.29 is 17.6 Å². The number of hydrogen-bond donors (Lipinski definition) is 2. The van der Waals surface area contributed by atoms with Crippen LogP contribution in [-0.2, 0) is 14.8 Å². The van der Waals surface area contributed by atoms with Gasteiger partial charge in [-0.25, -0.2) is 8.42 Å². The Morgan fingerprint density at radius 3 is 2.48 bits per heavy atom. The minimum atomic E-state index is -3.63. The monoisotopic (exact) mass is 487 g/mol. The average molecular weight is 488 g/mol. The zero-order valence-electron chi connectivity index (χ0n) is 18.0. The van der Waals surface area contributed by atoms with Crippen LogP contribution in [0.15, 0.2) is 76.2 Å². The molecular formula is C24H26ClN3O4S. The summed E-state index contributed by atoms with van der Waals surface area (Å²) in [5, 5.41) is 6.20. The number of furan rings is 1. The number of hydrogen-bond acceptors (Lipinski definition) is 5. The minimum absolute atomic E-state index is 0.0281. The van der Waals surface area contributed by atoms with Crippen molar-refractivity contribution in [3.8, 4) is 0 Å². The lowest BCUT2D eigenvalue weighted by Gasteiger charge is -2.26. The number of sulfonamides is 1. The van der Waals surface area contributed by atoms with E-state index in [2.05, 4.69) is 10.6 Å². The number of halogens is 1. The van der Waals surface area contributed by atoms with Gasteiger partial charge in [0.15, 0.2) is 0 Å². The third-order valence-corrected chi connectivity index (χ3v) is 7.82. The van der Waals surface area contributed by atoms with E-state index >= 15 is 0 Å². The van der Waals surface area contributed by atoms with Gasteiger partial charge in [0.25, 0.3) is 0 Å². The molecule has 1 aliphatic rings. The highest BCUT2D eigenvalue weighted by Gasteiger charge is 2.27. The molecule has 0 saturated carbocycles. The van der Waals surface area contributed by atoms with E-state index in [-0.39, 0.29) is 34.1 Å². The third-order valence-electron chi connectivity index (χ3n) is 5.59. The molecule has 1 fully saturated rings. The number of piperidine rings is 1. The summed E-state index contributed by atoms with van der Waals surface area (Å²) in [5.41, 5.74) is 1.21. The number of nitrogens with one attached hydrogen (secondary N) is 2. The van der Waals surface area contributed by atoms with Crippen LogP contribution < -0.4 is 10.6 Å². The van der Waals surface area contributed by atoms with Crippen LogP contribution in [0.1, 0.15) is 36.6 Å². The fourth-order valence-corrected chi connectivity index (χ4v) is 5.60. The van der Waals surface area contributed by atoms with E-state index in [0.717, 1.165) is 24.8 Å². The Bertz CT molecular complexity index is 1180. The largest absolute Gasteiger partial charge is 0.467 e. The zero-order chi connectivity index (χ0) is 23.3. The molecule has 2 aromatic carbocycles. The predicted octanol–water partition coefficient (Wildman–Crippen LogP) is 4.43. The van der Waals surface area contributed by atoms with Crippen molar-refractivity contribution in [2.24, 2.45) is 0 Å². The summed E-state index contributed by atoms with van der Waals surface area (Å²) in [5.74, 6) is 0.332. The number of benzene rings is 2. The third kappa shape index (κ3) is 5.65. The van der Waals surface area contributed by atoms with E-state index in [1.54, 1.807) is 12.3 Å². The molecule has 4 rings (SSSR count). The molecule has 1 aromatic heterocycles. The Labute approximate surface area is 198 Å². The molecule has 0 aliphatic carbocycles. The van der Waals surface area contributed by atoms with Crippen LogP contribution in [0.2, 0.25) is 5.02 Å². The van der Waals surface area contributed by atoms with Crippen LogP contribution in [0.25, 0.3) is 0 Å². The molecule has 1 aliphatic heterocycles. The number of nitrogens with zero attached hydrogens (tertiary/aromatic N) is 1. The van der Waals surface area contributed by atoms with Crippen molar-refractivity contribution in [1.82, 2.24) is 9.62 Å². The predicted molar refractivity (Wildman–Crippen MR) is 128 cm³/mol. The van der Waals surface area contributed by atoms with Gasteiger partial charge >= 0.3 is 0 Å². The highest BCUT2D eigenvalue weighted by Crippen LogP contribution is 2.28. The molecule has 1 atom stereocenters. The highest BCUT2D eigenvalue weighted by molar-refractivity contribution is 7.89. The Morgan fingerprint density at radius 1 is 1.03 bits per heavy atom. The van der Waals surface area contributed by atoms with E-state index < -0.39 is 10.0 Å². The van der Waals surface area contributed by atoms with Gasteiger partial charge in [-0.05, 0) is 48.7 Å². The first-order valence-corrected chi connectivity index (χ1v) is 12.7. The molecule has 0 bridgehead atoms. The van der Waals surface area contributed by atoms with E-state index in [1.807, 2.05) is 36.4 Å². The molecule has 0 unspecified atom stereocenters. The lowest BCUT2D eigenvalue weighted by molar-refractivity contribution is -0.115. The normalized spacial score (nSPS) is 15.8. The Kier molecular flexibility index (Phi) is 7.49. The van der Waals surface area contributed by atoms with E-state index in [4.69, 9.17) is 16.0 Å². The van der Waals surface area contributed by atoms with Gasteiger partial charge in [0.1, 0.15) is 5.76 Å². The van der Waals surface area contributed by atoms with Gasteiger partial charge in [-0.15, -0.1) is 0 Å². The lowest BCUT2D eigenvalue weighted by atomic mass is 10.0. The first-order valence-electron chi connectivity index (χ1n) is 10.9. The molecular weight excluding hydrogens is 462 g/mol. The van der Waals surface area contributed by atoms with Crippen LogP contribution in [-0.4, -0.2) is 38.3 Å². The maximum atomic E-state index is 13.0. The summed E-state index contributed by atoms with van der Waals surface area (Å²) >= 11 is 6.26. The molecule has 2 N–H and O–H groups in total. The van der Waals surface area contributed by atoms with Gasteiger partial charge in [-0.2, -0.15) is 4.31 Å². The molecule has 3 aromatic rings. The van der Waals surface area contributed by atoms with Crippen molar-refractivity contribution in [2.75, 3.05) is 25.0 Å². The summed E-state index contributed by atoms with van der Waals surface area (Å²) in [6, 6.07) is 17.4. The van der Waals surface area contributed by atoms with Gasteiger partial charge < -0.3 is 9.73 Å². The second kappa shape index (κ2) is 10.5. The number of carbonyl (C=O) groups is 1. The number of rotatable bonds is 8. The summed E-state index contributed by atoms with van der Waals surface area (Å²) < 4.78 is 33.0. The zero-order valence-corrected chi connectivity index (χ0v) is 19.6. The molecule has 0 radical (unpaired) electrons. The van der Waals surface area contributed by atoms with E-state index in [1.165, 1.54) is 22.5 Å². The first kappa shape index (κ1) is 23.5. The van der Waals surface area contributed by atoms with Gasteiger partial charge in [0.2, 0.25) is 15.9 Å². The summed E-state index contributed by atoms with van der Waals surface area (Å²) in [6.07, 6.45) is 4.31. The molecule has 174 valence electrons. The van der Waals surface area contributed by atoms with Crippen molar-refractivity contribution in [3.63, 3.8) is 0 Å². The van der Waals surface area contributed by atoms with Crippen LogP contribution in [0.3, 0.4) is 0 Å². The molecule has 2 heterocycles. The van der Waals surface area contributed by atoms with Gasteiger partial charge in [-0.1, -0.05) is 48.4 Å². The first-order chi connectivity index (χ1) is 15.9. The molecule has 7 nitrogen and oxygen atoms in total. The van der Waals surface area contributed by atoms with Crippen LogP contribution in [0.5, 0.6) is 0 Å². The van der Waals surface area contributed by atoms with Gasteiger partial charge in [0.05, 0.1) is 34.5 Å². The second-order valence-corrected chi connectivity index (χ2v) is 10.2. The fraction of sp³-hybridized carbons (Fsp3) is 0.292. The molecule has 9 heteroatoms. The number of carbonyl (C=O) groups excluding carboxylic acids is 1. The van der Waals surface area contributed by atoms with Gasteiger partial charge in [0, 0.05) is 13.1 Å². The second-order valence-electron chi connectivity index (χ2n) is 7.89. The van der Waals surface area contributed by atoms with Crippen molar-refractivity contribution in [2.45, 2.75) is 30.2 Å². The van der Waals surface area contributed by atoms with Crippen molar-refractivity contribution >= 4 is 33.2 Å². The molecule has 1 saturated heterocycles. The fourth-order valence-electron chi connectivity index (χ4n) is 3.89. The summed E-state index contributed by atoms with van der Waals surface area (Å²) in [4.78, 5) is 12.8. The molecule has 0 spiro atoms. The SMILES string of the molecule is O=C(CN[C@@H](c1ccccc1)c1ccco1)Nc1cc(S(=O)(=O)N2CCCCC2)ccc1Cl. The smallest absolute Gasteiger partial charge is 0.243 e. The van der Waals surface area contributed by atoms with E-state index in [9.17, 15) is 13.2 Å². The van der Waals surface area contributed by atoms with E-state index in [0.29, 0.717) is 18.8 Å². The Morgan fingerprint density at radius 2 is 1.79 bits per heavy atom. The minimum Gasteiger partial charge on any atom is -0.467 e. The van der Waals surface area contributed by atoms with Crippen LogP contribution >= 0.6 is 11.6 Å². The maximum Gasteiger partial charge on any atom is 0.243 e. The highest BCUT2D eigenvalue weighted by atomic mass is 35.5. The van der Waals surface area contributed by atoms with Crippen molar-refractivity contribution in [3.05, 3.63) is 83.3 Å².